The van der Waals surface area contributed by atoms with Gasteiger partial charge in [-0.2, -0.15) is 4.31 Å². The molecule has 1 saturated heterocycles. The molecule has 1 heterocycles. The van der Waals surface area contributed by atoms with Crippen LogP contribution in [0.15, 0.2) is 47.4 Å². The molecule has 2 aromatic carbocycles. The van der Waals surface area contributed by atoms with Gasteiger partial charge in [0.05, 0.1) is 22.8 Å². The largest absolute Gasteiger partial charge is 0.371 e. The molecule has 1 unspecified atom stereocenters. The first-order chi connectivity index (χ1) is 11.4. The summed E-state index contributed by atoms with van der Waals surface area (Å²) in [5, 5.41) is 0.185. The SMILES string of the molecule is O=S(=O)(c1cccc(Cl)c1Cl)N1CCOC(c2ccc(F)cc2)C1. The van der Waals surface area contributed by atoms with E-state index < -0.39 is 16.1 Å². The Kier molecular flexibility index (Phi) is 5.13. The molecule has 0 spiro atoms. The van der Waals surface area contributed by atoms with Crippen molar-refractivity contribution in [3.63, 3.8) is 0 Å². The molecule has 0 aliphatic carbocycles. The molecule has 4 nitrogen and oxygen atoms in total. The van der Waals surface area contributed by atoms with Gasteiger partial charge in [-0.05, 0) is 29.8 Å². The molecule has 1 aliphatic heterocycles. The summed E-state index contributed by atoms with van der Waals surface area (Å²) in [5.41, 5.74) is 0.716. The Bertz CT molecular complexity index is 843. The van der Waals surface area contributed by atoms with Gasteiger partial charge in [-0.25, -0.2) is 12.8 Å². The van der Waals surface area contributed by atoms with Crippen molar-refractivity contribution in [2.45, 2.75) is 11.0 Å². The van der Waals surface area contributed by atoms with E-state index in [9.17, 15) is 12.8 Å². The van der Waals surface area contributed by atoms with E-state index in [2.05, 4.69) is 0 Å². The average molecular weight is 390 g/mol. The van der Waals surface area contributed by atoms with Crippen molar-refractivity contribution in [3.8, 4) is 0 Å². The van der Waals surface area contributed by atoms with E-state index in [0.717, 1.165) is 0 Å². The molecule has 0 N–H and O–H groups in total. The fraction of sp³-hybridized carbons (Fsp3) is 0.250. The van der Waals surface area contributed by atoms with Crippen LogP contribution in [0.3, 0.4) is 0 Å². The number of rotatable bonds is 3. The van der Waals surface area contributed by atoms with Crippen LogP contribution in [-0.4, -0.2) is 32.4 Å². The lowest BCUT2D eigenvalue weighted by Crippen LogP contribution is -2.42. The first-order valence-corrected chi connectivity index (χ1v) is 9.40. The molecule has 0 bridgehead atoms. The lowest BCUT2D eigenvalue weighted by atomic mass is 10.1. The number of halogens is 3. The van der Waals surface area contributed by atoms with Crippen LogP contribution in [0.5, 0.6) is 0 Å². The molecule has 1 aliphatic rings. The zero-order chi connectivity index (χ0) is 17.3. The summed E-state index contributed by atoms with van der Waals surface area (Å²) in [6.07, 6.45) is -0.466. The van der Waals surface area contributed by atoms with Gasteiger partial charge >= 0.3 is 0 Å². The molecule has 2 aromatic rings. The van der Waals surface area contributed by atoms with Gasteiger partial charge in [0.15, 0.2) is 0 Å². The van der Waals surface area contributed by atoms with Crippen molar-refractivity contribution < 1.29 is 17.5 Å². The summed E-state index contributed by atoms with van der Waals surface area (Å²) in [6, 6.07) is 10.3. The molecular formula is C16H14Cl2FNO3S. The van der Waals surface area contributed by atoms with Gasteiger partial charge in [-0.1, -0.05) is 41.4 Å². The van der Waals surface area contributed by atoms with Crippen LogP contribution in [0.25, 0.3) is 0 Å². The van der Waals surface area contributed by atoms with E-state index in [0.29, 0.717) is 5.56 Å². The Labute approximate surface area is 149 Å². The number of benzene rings is 2. The van der Waals surface area contributed by atoms with Crippen LogP contribution >= 0.6 is 23.2 Å². The molecule has 1 fully saturated rings. The maximum absolute atomic E-state index is 13.0. The Morgan fingerprint density at radius 3 is 2.54 bits per heavy atom. The lowest BCUT2D eigenvalue weighted by molar-refractivity contribution is -0.00258. The molecule has 0 radical (unpaired) electrons. The van der Waals surface area contributed by atoms with Crippen molar-refractivity contribution in [2.75, 3.05) is 19.7 Å². The van der Waals surface area contributed by atoms with Crippen molar-refractivity contribution in [2.24, 2.45) is 0 Å². The second kappa shape index (κ2) is 6.98. The first-order valence-electron chi connectivity index (χ1n) is 7.21. The van der Waals surface area contributed by atoms with E-state index >= 15 is 0 Å². The van der Waals surface area contributed by atoms with Crippen LogP contribution in [0.1, 0.15) is 11.7 Å². The highest BCUT2D eigenvalue weighted by Crippen LogP contribution is 2.33. The van der Waals surface area contributed by atoms with Gasteiger partial charge in [-0.15, -0.1) is 0 Å². The smallest absolute Gasteiger partial charge is 0.244 e. The fourth-order valence-corrected chi connectivity index (χ4v) is 4.71. The minimum absolute atomic E-state index is 0.00370. The second-order valence-corrected chi connectivity index (χ2v) is 8.02. The number of sulfonamides is 1. The second-order valence-electron chi connectivity index (χ2n) is 5.33. The van der Waals surface area contributed by atoms with Gasteiger partial charge in [-0.3, -0.25) is 0 Å². The van der Waals surface area contributed by atoms with Crippen molar-refractivity contribution >= 4 is 33.2 Å². The van der Waals surface area contributed by atoms with E-state index in [1.54, 1.807) is 18.2 Å². The predicted octanol–water partition coefficient (Wildman–Crippen LogP) is 3.89. The van der Waals surface area contributed by atoms with Crippen LogP contribution in [0.2, 0.25) is 10.0 Å². The maximum Gasteiger partial charge on any atom is 0.244 e. The van der Waals surface area contributed by atoms with Crippen molar-refractivity contribution in [3.05, 3.63) is 63.9 Å². The molecule has 1 atom stereocenters. The summed E-state index contributed by atoms with van der Waals surface area (Å²) >= 11 is 12.0. The summed E-state index contributed by atoms with van der Waals surface area (Å²) in [4.78, 5) is -0.0311. The van der Waals surface area contributed by atoms with E-state index in [4.69, 9.17) is 27.9 Å². The minimum atomic E-state index is -3.80. The van der Waals surface area contributed by atoms with Crippen molar-refractivity contribution in [1.29, 1.82) is 0 Å². The Balaban J connectivity index is 1.88. The Morgan fingerprint density at radius 2 is 1.83 bits per heavy atom. The number of ether oxygens (including phenoxy) is 1. The predicted molar refractivity (Wildman–Crippen MR) is 90.3 cm³/mol. The third-order valence-corrected chi connectivity index (χ3v) is 6.64. The summed E-state index contributed by atoms with van der Waals surface area (Å²) in [7, 11) is -3.80. The standard InChI is InChI=1S/C16H14Cl2FNO3S/c17-13-2-1-3-15(16(13)18)24(21,22)20-8-9-23-14(10-20)11-4-6-12(19)7-5-11/h1-7,14H,8-10H2. The summed E-state index contributed by atoms with van der Waals surface area (Å²) < 4.78 is 45.7. The number of nitrogens with zero attached hydrogens (tertiary/aromatic N) is 1. The van der Waals surface area contributed by atoms with Gasteiger partial charge in [0.25, 0.3) is 0 Å². The maximum atomic E-state index is 13.0. The third kappa shape index (κ3) is 3.43. The lowest BCUT2D eigenvalue weighted by Gasteiger charge is -2.32. The monoisotopic (exact) mass is 389 g/mol. The van der Waals surface area contributed by atoms with Crippen molar-refractivity contribution in [1.82, 2.24) is 4.31 Å². The van der Waals surface area contributed by atoms with E-state index in [1.807, 2.05) is 0 Å². The molecule has 128 valence electrons. The number of hydrogen-bond acceptors (Lipinski definition) is 3. The third-order valence-electron chi connectivity index (χ3n) is 3.80. The fourth-order valence-electron chi connectivity index (χ4n) is 2.55. The quantitative estimate of drug-likeness (QED) is 0.799. The van der Waals surface area contributed by atoms with Crippen LogP contribution < -0.4 is 0 Å². The molecule has 3 rings (SSSR count). The molecule has 0 amide bonds. The molecular weight excluding hydrogens is 376 g/mol. The van der Waals surface area contributed by atoms with Gasteiger partial charge in [0.1, 0.15) is 10.7 Å². The topological polar surface area (TPSA) is 46.6 Å². The molecule has 24 heavy (non-hydrogen) atoms. The van der Waals surface area contributed by atoms with Crippen LogP contribution in [0.4, 0.5) is 4.39 Å². The van der Waals surface area contributed by atoms with E-state index in [1.165, 1.54) is 28.6 Å². The molecule has 0 saturated carbocycles. The Hall–Kier alpha value is -1.18. The highest BCUT2D eigenvalue weighted by molar-refractivity contribution is 7.89. The van der Waals surface area contributed by atoms with Gasteiger partial charge in [0.2, 0.25) is 10.0 Å². The highest BCUT2D eigenvalue weighted by Gasteiger charge is 2.33. The first kappa shape index (κ1) is 17.6. The Morgan fingerprint density at radius 1 is 1.12 bits per heavy atom. The van der Waals surface area contributed by atoms with E-state index in [-0.39, 0.29) is 40.5 Å². The van der Waals surface area contributed by atoms with Gasteiger partial charge in [0, 0.05) is 13.1 Å². The highest BCUT2D eigenvalue weighted by atomic mass is 35.5. The molecule has 0 aromatic heterocycles. The summed E-state index contributed by atoms with van der Waals surface area (Å²) in [5.74, 6) is -0.357. The minimum Gasteiger partial charge on any atom is -0.371 e. The zero-order valence-corrected chi connectivity index (χ0v) is 14.8. The van der Waals surface area contributed by atoms with Gasteiger partial charge < -0.3 is 4.74 Å². The normalized spacial score (nSPS) is 19.4. The molecule has 8 heteroatoms. The number of morpholine rings is 1. The van der Waals surface area contributed by atoms with Crippen LogP contribution in [0, 0.1) is 5.82 Å². The average Bonchev–Trinajstić information content (AvgIpc) is 2.58. The number of hydrogen-bond donors (Lipinski definition) is 0. The summed E-state index contributed by atoms with van der Waals surface area (Å²) in [6.45, 7) is 0.569. The zero-order valence-electron chi connectivity index (χ0n) is 12.5. The van der Waals surface area contributed by atoms with Crippen LogP contribution in [-0.2, 0) is 14.8 Å².